The Kier molecular flexibility index (Phi) is 5.36. The molecule has 0 fully saturated rings. The molecule has 0 aliphatic carbocycles. The smallest absolute Gasteiger partial charge is 0.344 e. The first-order valence-electron chi connectivity index (χ1n) is 7.18. The van der Waals surface area contributed by atoms with E-state index in [-0.39, 0.29) is 0 Å². The molecule has 0 heterocycles. The summed E-state index contributed by atoms with van der Waals surface area (Å²) in [6, 6.07) is 13.1. The summed E-state index contributed by atoms with van der Waals surface area (Å²) < 4.78 is 10.8. The molecule has 2 aromatic rings. The van der Waals surface area contributed by atoms with Gasteiger partial charge in [-0.1, -0.05) is 23.8 Å². The minimum atomic E-state index is -1.04. The number of aliphatic carboxylic acids is 1. The van der Waals surface area contributed by atoms with Crippen molar-refractivity contribution in [2.45, 2.75) is 20.0 Å². The summed E-state index contributed by atoms with van der Waals surface area (Å²) in [5, 5.41) is 9.03. The van der Waals surface area contributed by atoms with Gasteiger partial charge in [-0.25, -0.2) is 4.79 Å². The second kappa shape index (κ2) is 7.45. The molecule has 0 saturated heterocycles. The van der Waals surface area contributed by atoms with E-state index in [0.717, 1.165) is 11.3 Å². The fraction of sp³-hybridized carbons (Fsp3) is 0.222. The normalized spacial score (nSPS) is 12.1. The van der Waals surface area contributed by atoms with E-state index in [1.54, 1.807) is 24.4 Å². The first-order chi connectivity index (χ1) is 11.0. The molecule has 0 aromatic heterocycles. The van der Waals surface area contributed by atoms with Crippen LogP contribution in [0.1, 0.15) is 18.1 Å². The Morgan fingerprint density at radius 2 is 1.91 bits per heavy atom. The number of carboxylic acid groups (broad SMARTS) is 1. The van der Waals surface area contributed by atoms with Crippen LogP contribution in [-0.4, -0.2) is 30.5 Å². The fourth-order valence-corrected chi connectivity index (χ4v) is 1.92. The molecule has 1 atom stereocenters. The largest absolute Gasteiger partial charge is 0.493 e. The van der Waals surface area contributed by atoms with Crippen molar-refractivity contribution >= 4 is 17.9 Å². The minimum absolute atomic E-state index is 0.362. The molecular formula is C18H19NO4. The SMILES string of the molecule is COc1cccc(C=Nc2ccc(C)cc2)c1O[C@H](C)C(=O)O. The van der Waals surface area contributed by atoms with Crippen LogP contribution in [0.2, 0.25) is 0 Å². The van der Waals surface area contributed by atoms with Crippen molar-refractivity contribution in [2.75, 3.05) is 7.11 Å². The predicted molar refractivity (Wildman–Crippen MR) is 89.2 cm³/mol. The number of para-hydroxylation sites is 1. The Morgan fingerprint density at radius 3 is 2.52 bits per heavy atom. The maximum absolute atomic E-state index is 11.0. The summed E-state index contributed by atoms with van der Waals surface area (Å²) in [5.41, 5.74) is 2.61. The molecule has 5 heteroatoms. The minimum Gasteiger partial charge on any atom is -0.493 e. The maximum Gasteiger partial charge on any atom is 0.344 e. The Morgan fingerprint density at radius 1 is 1.22 bits per heavy atom. The highest BCUT2D eigenvalue weighted by molar-refractivity contribution is 5.87. The topological polar surface area (TPSA) is 68.1 Å². The number of rotatable bonds is 6. The quantitative estimate of drug-likeness (QED) is 0.827. The number of benzene rings is 2. The fourth-order valence-electron chi connectivity index (χ4n) is 1.92. The highest BCUT2D eigenvalue weighted by atomic mass is 16.5. The summed E-state index contributed by atoms with van der Waals surface area (Å²) in [5.74, 6) is -0.218. The Labute approximate surface area is 135 Å². The van der Waals surface area contributed by atoms with Crippen molar-refractivity contribution < 1.29 is 19.4 Å². The Balaban J connectivity index is 2.33. The van der Waals surface area contributed by atoms with Crippen molar-refractivity contribution in [3.05, 3.63) is 53.6 Å². The highest BCUT2D eigenvalue weighted by Crippen LogP contribution is 2.31. The van der Waals surface area contributed by atoms with Crippen molar-refractivity contribution in [3.8, 4) is 11.5 Å². The number of aliphatic imine (C=N–C) groups is 1. The number of hydrogen-bond acceptors (Lipinski definition) is 4. The van der Waals surface area contributed by atoms with Crippen molar-refractivity contribution in [1.29, 1.82) is 0 Å². The van der Waals surface area contributed by atoms with E-state index in [4.69, 9.17) is 14.6 Å². The van der Waals surface area contributed by atoms with E-state index < -0.39 is 12.1 Å². The average Bonchev–Trinajstić information content (AvgIpc) is 2.55. The van der Waals surface area contributed by atoms with Gasteiger partial charge in [0.1, 0.15) is 0 Å². The lowest BCUT2D eigenvalue weighted by Crippen LogP contribution is -2.23. The van der Waals surface area contributed by atoms with Gasteiger partial charge < -0.3 is 14.6 Å². The summed E-state index contributed by atoms with van der Waals surface area (Å²) in [7, 11) is 1.51. The molecule has 0 bridgehead atoms. The van der Waals surface area contributed by atoms with E-state index in [1.165, 1.54) is 14.0 Å². The molecule has 5 nitrogen and oxygen atoms in total. The molecule has 0 amide bonds. The second-order valence-electron chi connectivity index (χ2n) is 5.07. The van der Waals surface area contributed by atoms with Crippen LogP contribution in [0.25, 0.3) is 0 Å². The van der Waals surface area contributed by atoms with Crippen LogP contribution in [0.3, 0.4) is 0 Å². The number of hydrogen-bond donors (Lipinski definition) is 1. The predicted octanol–water partition coefficient (Wildman–Crippen LogP) is 3.61. The van der Waals surface area contributed by atoms with E-state index in [2.05, 4.69) is 4.99 Å². The number of carboxylic acids is 1. The van der Waals surface area contributed by atoms with Crippen molar-refractivity contribution in [3.63, 3.8) is 0 Å². The molecular weight excluding hydrogens is 294 g/mol. The van der Waals surface area contributed by atoms with Gasteiger partial charge in [0.15, 0.2) is 17.6 Å². The Bertz CT molecular complexity index is 707. The highest BCUT2D eigenvalue weighted by Gasteiger charge is 2.17. The molecule has 2 aromatic carbocycles. The Hall–Kier alpha value is -2.82. The molecule has 0 unspecified atom stereocenters. The van der Waals surface area contributed by atoms with Crippen LogP contribution in [-0.2, 0) is 4.79 Å². The standard InChI is InChI=1S/C18H19NO4/c1-12-7-9-15(10-8-12)19-11-14-5-4-6-16(22-3)17(14)23-13(2)18(20)21/h4-11,13H,1-3H3,(H,20,21)/t13-/m1/s1. The molecule has 23 heavy (non-hydrogen) atoms. The second-order valence-corrected chi connectivity index (χ2v) is 5.07. The monoisotopic (exact) mass is 313 g/mol. The first kappa shape index (κ1) is 16.5. The molecule has 120 valence electrons. The van der Waals surface area contributed by atoms with E-state index >= 15 is 0 Å². The van der Waals surface area contributed by atoms with Gasteiger partial charge in [0.2, 0.25) is 0 Å². The van der Waals surface area contributed by atoms with Crippen LogP contribution in [0.15, 0.2) is 47.5 Å². The van der Waals surface area contributed by atoms with Crippen LogP contribution in [0, 0.1) is 6.92 Å². The van der Waals surface area contributed by atoms with Gasteiger partial charge in [0, 0.05) is 11.8 Å². The van der Waals surface area contributed by atoms with Gasteiger partial charge in [-0.2, -0.15) is 0 Å². The number of aryl methyl sites for hydroxylation is 1. The number of nitrogens with zero attached hydrogens (tertiary/aromatic N) is 1. The lowest BCUT2D eigenvalue weighted by molar-refractivity contribution is -0.144. The van der Waals surface area contributed by atoms with E-state index in [9.17, 15) is 4.79 Å². The maximum atomic E-state index is 11.0. The van der Waals surface area contributed by atoms with Crippen molar-refractivity contribution in [2.24, 2.45) is 4.99 Å². The zero-order chi connectivity index (χ0) is 16.8. The lowest BCUT2D eigenvalue weighted by Gasteiger charge is -2.15. The van der Waals surface area contributed by atoms with Gasteiger partial charge in [-0.3, -0.25) is 4.99 Å². The third kappa shape index (κ3) is 4.32. The molecule has 1 N–H and O–H groups in total. The van der Waals surface area contributed by atoms with Crippen LogP contribution in [0.4, 0.5) is 5.69 Å². The van der Waals surface area contributed by atoms with E-state index in [1.807, 2.05) is 31.2 Å². The first-order valence-corrected chi connectivity index (χ1v) is 7.18. The van der Waals surface area contributed by atoms with Crippen LogP contribution < -0.4 is 9.47 Å². The number of methoxy groups -OCH3 is 1. The van der Waals surface area contributed by atoms with E-state index in [0.29, 0.717) is 17.1 Å². The zero-order valence-electron chi connectivity index (χ0n) is 13.3. The van der Waals surface area contributed by atoms with Gasteiger partial charge in [-0.15, -0.1) is 0 Å². The summed E-state index contributed by atoms with van der Waals surface area (Å²) in [6.07, 6.45) is 0.648. The number of ether oxygens (including phenoxy) is 2. The van der Waals surface area contributed by atoms with Gasteiger partial charge in [-0.05, 0) is 38.1 Å². The summed E-state index contributed by atoms with van der Waals surface area (Å²) in [6.45, 7) is 3.48. The van der Waals surface area contributed by atoms with Gasteiger partial charge in [0.25, 0.3) is 0 Å². The zero-order valence-corrected chi connectivity index (χ0v) is 13.3. The molecule has 0 aliphatic rings. The lowest BCUT2D eigenvalue weighted by atomic mass is 10.2. The average molecular weight is 313 g/mol. The van der Waals surface area contributed by atoms with Crippen LogP contribution >= 0.6 is 0 Å². The summed E-state index contributed by atoms with van der Waals surface area (Å²) in [4.78, 5) is 15.4. The molecule has 0 saturated carbocycles. The molecule has 0 spiro atoms. The molecule has 0 aliphatic heterocycles. The van der Waals surface area contributed by atoms with Gasteiger partial charge >= 0.3 is 5.97 Å². The third-order valence-electron chi connectivity index (χ3n) is 3.26. The van der Waals surface area contributed by atoms with Crippen LogP contribution in [0.5, 0.6) is 11.5 Å². The summed E-state index contributed by atoms with van der Waals surface area (Å²) >= 11 is 0. The third-order valence-corrected chi connectivity index (χ3v) is 3.26. The van der Waals surface area contributed by atoms with Gasteiger partial charge in [0.05, 0.1) is 12.8 Å². The number of carbonyl (C=O) groups is 1. The molecule has 2 rings (SSSR count). The molecule has 0 radical (unpaired) electrons. The van der Waals surface area contributed by atoms with Crippen molar-refractivity contribution in [1.82, 2.24) is 0 Å².